The first kappa shape index (κ1) is 27.3. The van der Waals surface area contributed by atoms with E-state index >= 15 is 0 Å². The van der Waals surface area contributed by atoms with Gasteiger partial charge in [0.1, 0.15) is 6.10 Å². The molecule has 0 aromatic heterocycles. The highest BCUT2D eigenvalue weighted by Gasteiger charge is 2.57. The average Bonchev–Trinajstić information content (AvgIpc) is 3.48. The Morgan fingerprint density at radius 3 is 1.95 bits per heavy atom. The maximum atomic E-state index is 14.3. The van der Waals surface area contributed by atoms with Crippen LogP contribution in [-0.2, 0) is 34.2 Å². The minimum Gasteiger partial charge on any atom is -0.481 e. The summed E-state index contributed by atoms with van der Waals surface area (Å²) in [6.45, 7) is 4.01. The third-order valence-electron chi connectivity index (χ3n) is 8.86. The molecule has 3 saturated heterocycles. The molecule has 3 fully saturated rings. The molecule has 8 nitrogen and oxygen atoms in total. The zero-order valence-corrected chi connectivity index (χ0v) is 22.5. The molecule has 3 unspecified atom stereocenters. The van der Waals surface area contributed by atoms with Gasteiger partial charge in [-0.05, 0) is 18.1 Å². The predicted octanol–water partition coefficient (Wildman–Crippen LogP) is 4.55. The van der Waals surface area contributed by atoms with Crippen LogP contribution in [-0.4, -0.2) is 65.1 Å². The number of carbonyl (C=O) groups is 3. The minimum atomic E-state index is -1.68. The lowest BCUT2D eigenvalue weighted by Crippen LogP contribution is -2.60. The van der Waals surface area contributed by atoms with E-state index < -0.39 is 29.8 Å². The van der Waals surface area contributed by atoms with Gasteiger partial charge in [0.2, 0.25) is 11.9 Å². The molecule has 0 amide bonds. The number of carboxylic acids is 1. The van der Waals surface area contributed by atoms with Crippen molar-refractivity contribution >= 4 is 17.9 Å². The van der Waals surface area contributed by atoms with Gasteiger partial charge in [-0.2, -0.15) is 0 Å². The Hall–Kier alpha value is -3.23. The molecule has 3 aliphatic heterocycles. The van der Waals surface area contributed by atoms with E-state index in [1.54, 1.807) is 0 Å². The molecule has 0 saturated carbocycles. The summed E-state index contributed by atoms with van der Waals surface area (Å²) in [7, 11) is 0. The van der Waals surface area contributed by atoms with Gasteiger partial charge in [0.05, 0.1) is 38.0 Å². The lowest BCUT2D eigenvalue weighted by atomic mass is 9.85. The highest BCUT2D eigenvalue weighted by atomic mass is 16.7. The van der Waals surface area contributed by atoms with E-state index in [0.717, 1.165) is 12.8 Å². The third-order valence-corrected chi connectivity index (χ3v) is 8.86. The molecule has 2 bridgehead atoms. The number of hydrogen-bond acceptors (Lipinski definition) is 6. The molecule has 2 aromatic carbocycles. The quantitative estimate of drug-likeness (QED) is 0.270. The van der Waals surface area contributed by atoms with Crippen molar-refractivity contribution in [2.75, 3.05) is 13.1 Å². The Bertz CT molecular complexity index is 1110. The number of nitrogens with zero attached hydrogens (tertiary/aromatic N) is 1. The molecular weight excluding hydrogens is 498 g/mol. The number of hydrogen-bond donors (Lipinski definition) is 1. The van der Waals surface area contributed by atoms with Crippen molar-refractivity contribution in [2.45, 2.75) is 88.4 Å². The molecule has 2 aromatic rings. The number of ether oxygens (including phenoxy) is 3. The second-order valence-electron chi connectivity index (χ2n) is 11.1. The fourth-order valence-electron chi connectivity index (χ4n) is 7.20. The highest BCUT2D eigenvalue weighted by molar-refractivity contribution is 5.86. The summed E-state index contributed by atoms with van der Waals surface area (Å²) in [6.07, 6.45) is 4.63. The van der Waals surface area contributed by atoms with Crippen molar-refractivity contribution in [1.29, 1.82) is 0 Å². The third kappa shape index (κ3) is 5.45. The minimum absolute atomic E-state index is 0.205. The van der Waals surface area contributed by atoms with Crippen LogP contribution in [0.5, 0.6) is 0 Å². The Balaban J connectivity index is 1.43. The van der Waals surface area contributed by atoms with Crippen molar-refractivity contribution < 1.29 is 38.2 Å². The molecule has 8 heteroatoms. The second kappa shape index (κ2) is 11.5. The lowest BCUT2D eigenvalue weighted by molar-refractivity contribution is -0.956. The summed E-state index contributed by atoms with van der Waals surface area (Å²) < 4.78 is 19.3. The van der Waals surface area contributed by atoms with Crippen LogP contribution in [0.3, 0.4) is 0 Å². The first-order valence-electron chi connectivity index (χ1n) is 14.1. The molecular formula is C31H38NO7+. The number of piperidine rings is 1. The van der Waals surface area contributed by atoms with Crippen LogP contribution in [0.2, 0.25) is 0 Å². The number of esters is 2. The van der Waals surface area contributed by atoms with Crippen LogP contribution in [0.1, 0.15) is 69.4 Å². The number of aliphatic carboxylic acids is 1. The topological polar surface area (TPSA) is 99.1 Å². The molecule has 3 aliphatic rings. The van der Waals surface area contributed by atoms with Gasteiger partial charge in [0.25, 0.3) is 0 Å². The normalized spacial score (nSPS) is 24.3. The number of quaternary nitrogens is 1. The molecule has 208 valence electrons. The number of carboxylic acid groups (broad SMARTS) is 1. The van der Waals surface area contributed by atoms with Gasteiger partial charge in [-0.15, -0.1) is 0 Å². The van der Waals surface area contributed by atoms with E-state index in [0.29, 0.717) is 23.2 Å². The van der Waals surface area contributed by atoms with Gasteiger partial charge in [-0.3, -0.25) is 9.59 Å². The summed E-state index contributed by atoms with van der Waals surface area (Å²) >= 11 is 0. The number of rotatable bonds is 10. The summed E-state index contributed by atoms with van der Waals surface area (Å²) in [5.74, 6) is -2.34. The van der Waals surface area contributed by atoms with Crippen molar-refractivity contribution in [3.63, 3.8) is 0 Å². The lowest BCUT2D eigenvalue weighted by Gasteiger charge is -2.47. The maximum Gasteiger partial charge on any atom is 0.348 e. The van der Waals surface area contributed by atoms with Gasteiger partial charge in [0.15, 0.2) is 0 Å². The molecule has 39 heavy (non-hydrogen) atoms. The Morgan fingerprint density at radius 1 is 0.897 bits per heavy atom. The highest BCUT2D eigenvalue weighted by Crippen LogP contribution is 2.47. The summed E-state index contributed by atoms with van der Waals surface area (Å²) in [4.78, 5) is 37.6. The van der Waals surface area contributed by atoms with E-state index in [2.05, 4.69) is 0 Å². The van der Waals surface area contributed by atoms with Crippen LogP contribution in [0.15, 0.2) is 60.7 Å². The van der Waals surface area contributed by atoms with Gasteiger partial charge in [-0.1, -0.05) is 60.7 Å². The Kier molecular flexibility index (Phi) is 8.05. The Morgan fingerprint density at radius 2 is 1.44 bits per heavy atom. The zero-order chi connectivity index (χ0) is 27.5. The van der Waals surface area contributed by atoms with Gasteiger partial charge < -0.3 is 23.8 Å². The van der Waals surface area contributed by atoms with Crippen LogP contribution in [0.4, 0.5) is 0 Å². The van der Waals surface area contributed by atoms with Gasteiger partial charge in [0, 0.05) is 38.5 Å². The fraction of sp³-hybridized carbons (Fsp3) is 0.516. The van der Waals surface area contributed by atoms with E-state index in [4.69, 9.17) is 19.3 Å². The van der Waals surface area contributed by atoms with Crippen molar-refractivity contribution in [1.82, 2.24) is 0 Å². The van der Waals surface area contributed by atoms with E-state index in [1.807, 2.05) is 60.7 Å². The predicted molar refractivity (Wildman–Crippen MR) is 142 cm³/mol. The first-order chi connectivity index (χ1) is 18.8. The van der Waals surface area contributed by atoms with Gasteiger partial charge in [-0.25, -0.2) is 4.79 Å². The molecule has 3 atom stereocenters. The molecule has 3 heterocycles. The Labute approximate surface area is 229 Å². The zero-order valence-electron chi connectivity index (χ0n) is 22.5. The first-order valence-corrected chi connectivity index (χ1v) is 14.1. The SMILES string of the molecule is CC(OC(=O)CCC(=O)O)OC(C(=O)OC1CC2CCC(C1)[N+]21CCCC1)(c1ccccc1)c1ccccc1. The standard InChI is InChI=1S/C31H37NO7/c1-22(37-29(35)17-16-28(33)34)39-31(23-10-4-2-5-11-23,24-12-6-3-7-13-24)30(36)38-27-20-25-14-15-26(21-27)32(25)18-8-9-19-32/h2-7,10-13,22,25-27H,8-9,14-21H2,1H3/p+1. The monoisotopic (exact) mass is 536 g/mol. The molecule has 1 N–H and O–H groups in total. The van der Waals surface area contributed by atoms with E-state index in [1.165, 1.54) is 50.2 Å². The van der Waals surface area contributed by atoms with Crippen LogP contribution in [0, 0.1) is 0 Å². The largest absolute Gasteiger partial charge is 0.481 e. The van der Waals surface area contributed by atoms with Crippen molar-refractivity contribution in [3.05, 3.63) is 71.8 Å². The smallest absolute Gasteiger partial charge is 0.348 e. The maximum absolute atomic E-state index is 14.3. The molecule has 5 rings (SSSR count). The number of carbonyl (C=O) groups excluding carboxylic acids is 2. The summed E-state index contributed by atoms with van der Waals surface area (Å²) in [5, 5.41) is 8.92. The fourth-order valence-corrected chi connectivity index (χ4v) is 7.20. The number of benzene rings is 2. The van der Waals surface area contributed by atoms with E-state index in [9.17, 15) is 14.4 Å². The van der Waals surface area contributed by atoms with Crippen LogP contribution < -0.4 is 0 Å². The van der Waals surface area contributed by atoms with E-state index in [-0.39, 0.29) is 18.9 Å². The average molecular weight is 537 g/mol. The van der Waals surface area contributed by atoms with Crippen molar-refractivity contribution in [2.24, 2.45) is 0 Å². The summed E-state index contributed by atoms with van der Waals surface area (Å²) in [5.41, 5.74) is -0.543. The molecule has 0 aliphatic carbocycles. The van der Waals surface area contributed by atoms with Crippen molar-refractivity contribution in [3.8, 4) is 0 Å². The summed E-state index contributed by atoms with van der Waals surface area (Å²) in [6, 6.07) is 19.3. The van der Waals surface area contributed by atoms with Crippen LogP contribution in [0.25, 0.3) is 0 Å². The second-order valence-corrected chi connectivity index (χ2v) is 11.1. The molecule has 1 spiro atoms. The van der Waals surface area contributed by atoms with Crippen LogP contribution >= 0.6 is 0 Å². The molecule has 0 radical (unpaired) electrons. The van der Waals surface area contributed by atoms with Gasteiger partial charge >= 0.3 is 17.9 Å².